The highest BCUT2D eigenvalue weighted by molar-refractivity contribution is 5.67. The quantitative estimate of drug-likeness (QED) is 0.356. The summed E-state index contributed by atoms with van der Waals surface area (Å²) in [4.78, 5) is 19.7. The van der Waals surface area contributed by atoms with Gasteiger partial charge in [0.05, 0.1) is 0 Å². The molecule has 1 rings (SSSR count). The van der Waals surface area contributed by atoms with E-state index in [1.807, 2.05) is 19.1 Å². The van der Waals surface area contributed by atoms with Crippen molar-refractivity contribution in [3.8, 4) is 0 Å². The highest BCUT2D eigenvalue weighted by Crippen LogP contribution is 2.06. The first-order valence-electron chi connectivity index (χ1n) is 6.58. The minimum Gasteiger partial charge on any atom is -0.483 e. The van der Waals surface area contributed by atoms with E-state index in [0.717, 1.165) is 18.4 Å². The van der Waals surface area contributed by atoms with Gasteiger partial charge in [-0.3, -0.25) is 4.79 Å². The molecule has 0 heterocycles. The summed E-state index contributed by atoms with van der Waals surface area (Å²) in [5.41, 5.74) is 12.8. The number of hydrogen-bond donors (Lipinski definition) is 4. The van der Waals surface area contributed by atoms with Crippen LogP contribution in [0.2, 0.25) is 0 Å². The molecular formula is C14H23N3O4. The van der Waals surface area contributed by atoms with Crippen LogP contribution in [0.1, 0.15) is 25.3 Å². The molecule has 0 saturated heterocycles. The van der Waals surface area contributed by atoms with Gasteiger partial charge in [0.15, 0.2) is 0 Å². The predicted molar refractivity (Wildman–Crippen MR) is 80.6 cm³/mol. The zero-order chi connectivity index (χ0) is 16.1. The van der Waals surface area contributed by atoms with Gasteiger partial charge < -0.3 is 26.6 Å². The van der Waals surface area contributed by atoms with Crippen LogP contribution in [0.3, 0.4) is 0 Å². The number of nitrogens with two attached hydrogens (primary N) is 2. The number of nitrogen functional groups attached to an aromatic ring is 1. The molecule has 0 aromatic heterocycles. The summed E-state index contributed by atoms with van der Waals surface area (Å²) in [6.45, 7) is 2.53. The summed E-state index contributed by atoms with van der Waals surface area (Å²) in [5.74, 6) is 0. The van der Waals surface area contributed by atoms with Crippen LogP contribution in [-0.4, -0.2) is 30.3 Å². The summed E-state index contributed by atoms with van der Waals surface area (Å²) in [5, 5.41) is 9.57. The van der Waals surface area contributed by atoms with Gasteiger partial charge in [0.2, 0.25) is 0 Å². The minimum absolute atomic E-state index is 0.164. The van der Waals surface area contributed by atoms with Gasteiger partial charge in [-0.05, 0) is 37.5 Å². The van der Waals surface area contributed by atoms with E-state index in [0.29, 0.717) is 12.2 Å². The first-order chi connectivity index (χ1) is 9.99. The maximum absolute atomic E-state index is 11.3. The van der Waals surface area contributed by atoms with Crippen molar-refractivity contribution in [3.05, 3.63) is 29.8 Å². The molecule has 6 N–H and O–H groups in total. The van der Waals surface area contributed by atoms with Crippen molar-refractivity contribution in [2.24, 2.45) is 5.73 Å². The molecule has 0 saturated carbocycles. The fourth-order valence-electron chi connectivity index (χ4n) is 1.43. The molecule has 0 aliphatic heterocycles. The summed E-state index contributed by atoms with van der Waals surface area (Å²) >= 11 is 0. The maximum atomic E-state index is 11.3. The molecular weight excluding hydrogens is 274 g/mol. The predicted octanol–water partition coefficient (Wildman–Crippen LogP) is 1.32. The number of nitrogens with one attached hydrogen (secondary N) is 1. The zero-order valence-electron chi connectivity index (χ0n) is 12.1. The van der Waals surface area contributed by atoms with Crippen molar-refractivity contribution in [3.63, 3.8) is 0 Å². The van der Waals surface area contributed by atoms with Gasteiger partial charge in [0.25, 0.3) is 6.47 Å². The average Bonchev–Trinajstić information content (AvgIpc) is 2.44. The molecule has 0 fully saturated rings. The number of amides is 1. The topological polar surface area (TPSA) is 128 Å². The highest BCUT2D eigenvalue weighted by atomic mass is 16.5. The number of hydrogen-bond acceptors (Lipinski definition) is 5. The molecule has 0 aliphatic rings. The van der Waals surface area contributed by atoms with E-state index in [9.17, 15) is 4.79 Å². The van der Waals surface area contributed by atoms with Gasteiger partial charge in [-0.1, -0.05) is 12.1 Å². The fraction of sp³-hybridized carbons (Fsp3) is 0.429. The molecule has 7 nitrogen and oxygen atoms in total. The van der Waals surface area contributed by atoms with Crippen LogP contribution >= 0.6 is 0 Å². The zero-order valence-corrected chi connectivity index (χ0v) is 12.1. The van der Waals surface area contributed by atoms with Crippen LogP contribution < -0.4 is 16.8 Å². The van der Waals surface area contributed by atoms with E-state index in [2.05, 4.69) is 5.32 Å². The molecule has 21 heavy (non-hydrogen) atoms. The molecule has 118 valence electrons. The molecule has 1 aromatic rings. The molecule has 0 spiro atoms. The Hall–Kier alpha value is -2.28. The molecule has 1 atom stereocenters. The molecule has 1 aromatic carbocycles. The van der Waals surface area contributed by atoms with Crippen molar-refractivity contribution >= 4 is 18.3 Å². The second-order valence-electron chi connectivity index (χ2n) is 4.47. The van der Waals surface area contributed by atoms with Crippen LogP contribution in [0.25, 0.3) is 0 Å². The van der Waals surface area contributed by atoms with Crippen LogP contribution in [0.5, 0.6) is 0 Å². The standard InChI is InChI=1S/C13H21N3O2.CH2O2/c1-10(14)3-2-8-16-13(17)18-9-11-4-6-12(15)7-5-11;2-1-3/h4-7,10H,2-3,8-9,14-15H2,1H3,(H,16,17);1H,(H,2,3). The Kier molecular flexibility index (Phi) is 10.3. The number of carbonyl (C=O) groups excluding carboxylic acids is 1. The van der Waals surface area contributed by atoms with Crippen molar-refractivity contribution < 1.29 is 19.4 Å². The third kappa shape index (κ3) is 11.3. The SMILES string of the molecule is CC(N)CCCNC(=O)OCc1ccc(N)cc1.O=CO. The molecule has 1 amide bonds. The smallest absolute Gasteiger partial charge is 0.407 e. The summed E-state index contributed by atoms with van der Waals surface area (Å²) in [7, 11) is 0. The number of ether oxygens (including phenoxy) is 1. The van der Waals surface area contributed by atoms with Crippen molar-refractivity contribution in [2.75, 3.05) is 12.3 Å². The lowest BCUT2D eigenvalue weighted by Gasteiger charge is -2.08. The lowest BCUT2D eigenvalue weighted by molar-refractivity contribution is -0.122. The Morgan fingerprint density at radius 3 is 2.52 bits per heavy atom. The molecule has 0 bridgehead atoms. The highest BCUT2D eigenvalue weighted by Gasteiger charge is 2.02. The van der Waals surface area contributed by atoms with Crippen LogP contribution in [0.4, 0.5) is 10.5 Å². The lowest BCUT2D eigenvalue weighted by atomic mass is 10.2. The van der Waals surface area contributed by atoms with Gasteiger partial charge in [-0.25, -0.2) is 4.79 Å². The van der Waals surface area contributed by atoms with Crippen molar-refractivity contribution in [2.45, 2.75) is 32.4 Å². The first kappa shape index (κ1) is 18.7. The summed E-state index contributed by atoms with van der Waals surface area (Å²) in [6, 6.07) is 7.38. The van der Waals surface area contributed by atoms with Crippen LogP contribution in [0, 0.1) is 0 Å². The molecule has 1 unspecified atom stereocenters. The van der Waals surface area contributed by atoms with Gasteiger partial charge in [-0.15, -0.1) is 0 Å². The van der Waals surface area contributed by atoms with Gasteiger partial charge in [0.1, 0.15) is 6.61 Å². The van der Waals surface area contributed by atoms with Gasteiger partial charge >= 0.3 is 6.09 Å². The average molecular weight is 297 g/mol. The van der Waals surface area contributed by atoms with Gasteiger partial charge in [0, 0.05) is 18.3 Å². The Labute approximate surface area is 124 Å². The fourth-order valence-corrected chi connectivity index (χ4v) is 1.43. The third-order valence-corrected chi connectivity index (χ3v) is 2.46. The number of alkyl carbamates (subject to hydrolysis) is 1. The normalized spacial score (nSPS) is 10.8. The Morgan fingerprint density at radius 2 is 2.00 bits per heavy atom. The number of carboxylic acid groups (broad SMARTS) is 1. The lowest BCUT2D eigenvalue weighted by Crippen LogP contribution is -2.26. The summed E-state index contributed by atoms with van der Waals surface area (Å²) < 4.78 is 5.05. The van der Waals surface area contributed by atoms with Crippen molar-refractivity contribution in [1.29, 1.82) is 0 Å². The van der Waals surface area contributed by atoms with E-state index in [1.54, 1.807) is 12.1 Å². The molecule has 7 heteroatoms. The third-order valence-electron chi connectivity index (χ3n) is 2.46. The number of benzene rings is 1. The van der Waals surface area contributed by atoms with E-state index in [4.69, 9.17) is 26.1 Å². The monoisotopic (exact) mass is 297 g/mol. The summed E-state index contributed by atoms with van der Waals surface area (Å²) in [6.07, 6.45) is 1.34. The van der Waals surface area contributed by atoms with Crippen LogP contribution in [-0.2, 0) is 16.1 Å². The molecule has 0 radical (unpaired) electrons. The van der Waals surface area contributed by atoms with Crippen molar-refractivity contribution in [1.82, 2.24) is 5.32 Å². The van der Waals surface area contributed by atoms with E-state index in [1.165, 1.54) is 0 Å². The second kappa shape index (κ2) is 11.5. The Bertz CT molecular complexity index is 407. The largest absolute Gasteiger partial charge is 0.483 e. The number of anilines is 1. The first-order valence-corrected chi connectivity index (χ1v) is 6.58. The van der Waals surface area contributed by atoms with E-state index >= 15 is 0 Å². The Morgan fingerprint density at radius 1 is 1.43 bits per heavy atom. The maximum Gasteiger partial charge on any atom is 0.407 e. The second-order valence-corrected chi connectivity index (χ2v) is 4.47. The number of rotatable bonds is 6. The van der Waals surface area contributed by atoms with E-state index in [-0.39, 0.29) is 19.1 Å². The molecule has 0 aliphatic carbocycles. The Balaban J connectivity index is 0.00000122. The minimum atomic E-state index is -0.406. The van der Waals surface area contributed by atoms with E-state index < -0.39 is 6.09 Å². The van der Waals surface area contributed by atoms with Crippen LogP contribution in [0.15, 0.2) is 24.3 Å². The number of carbonyl (C=O) groups is 2. The van der Waals surface area contributed by atoms with Gasteiger partial charge in [-0.2, -0.15) is 0 Å².